The number of benzene rings is 1. The highest BCUT2D eigenvalue weighted by atomic mass is 16.4. The third kappa shape index (κ3) is 3.92. The molecule has 5 nitrogen and oxygen atoms in total. The molecule has 1 aromatic heterocycles. The van der Waals surface area contributed by atoms with Crippen molar-refractivity contribution in [3.63, 3.8) is 0 Å². The molecule has 1 aliphatic rings. The Hall–Kier alpha value is -2.56. The first-order chi connectivity index (χ1) is 12.0. The summed E-state index contributed by atoms with van der Waals surface area (Å²) in [6, 6.07) is 10.3. The van der Waals surface area contributed by atoms with Crippen molar-refractivity contribution in [1.82, 2.24) is 5.32 Å². The summed E-state index contributed by atoms with van der Waals surface area (Å²) in [4.78, 5) is 23.5. The predicted molar refractivity (Wildman–Crippen MR) is 93.5 cm³/mol. The maximum absolute atomic E-state index is 12.6. The van der Waals surface area contributed by atoms with Gasteiger partial charge in [0.2, 0.25) is 0 Å². The predicted octanol–water partition coefficient (Wildman–Crippen LogP) is 3.36. The van der Waals surface area contributed by atoms with Crippen molar-refractivity contribution in [3.8, 4) is 0 Å². The zero-order chi connectivity index (χ0) is 17.9. The Bertz CT molecular complexity index is 759. The molecule has 25 heavy (non-hydrogen) atoms. The van der Waals surface area contributed by atoms with Crippen LogP contribution in [0.5, 0.6) is 0 Å². The van der Waals surface area contributed by atoms with Crippen molar-refractivity contribution in [2.45, 2.75) is 39.0 Å². The number of carboxylic acid groups (broad SMARTS) is 1. The van der Waals surface area contributed by atoms with Crippen LogP contribution in [-0.2, 0) is 17.6 Å². The molecule has 2 aromatic rings. The molecular formula is C20H23NO4. The monoisotopic (exact) mass is 341 g/mol. The second-order valence-corrected chi connectivity index (χ2v) is 6.99. The molecule has 132 valence electrons. The molecule has 3 rings (SSSR count). The second-order valence-electron chi connectivity index (χ2n) is 6.99. The van der Waals surface area contributed by atoms with E-state index in [0.717, 1.165) is 19.3 Å². The molecule has 1 aromatic carbocycles. The Kier molecular flexibility index (Phi) is 4.93. The van der Waals surface area contributed by atoms with E-state index in [9.17, 15) is 9.59 Å². The smallest absolute Gasteiger partial charge is 0.311 e. The number of amides is 1. The lowest BCUT2D eigenvalue weighted by atomic mass is 9.65. The van der Waals surface area contributed by atoms with Gasteiger partial charge in [-0.1, -0.05) is 36.8 Å². The van der Waals surface area contributed by atoms with Gasteiger partial charge in [0.15, 0.2) is 0 Å². The molecule has 0 aliphatic heterocycles. The topological polar surface area (TPSA) is 79.5 Å². The van der Waals surface area contributed by atoms with Gasteiger partial charge in [0.25, 0.3) is 5.91 Å². The summed E-state index contributed by atoms with van der Waals surface area (Å²) in [5, 5.41) is 12.0. The second kappa shape index (κ2) is 7.13. The van der Waals surface area contributed by atoms with Crippen LogP contribution in [0.2, 0.25) is 0 Å². The van der Waals surface area contributed by atoms with Gasteiger partial charge in [-0.05, 0) is 37.2 Å². The van der Waals surface area contributed by atoms with Crippen molar-refractivity contribution >= 4 is 11.9 Å². The third-order valence-corrected chi connectivity index (χ3v) is 5.05. The number of carboxylic acids is 1. The summed E-state index contributed by atoms with van der Waals surface area (Å²) in [6.45, 7) is 2.35. The molecule has 0 unspecified atom stereocenters. The highest BCUT2D eigenvalue weighted by molar-refractivity contribution is 5.97. The number of nitrogens with one attached hydrogen (secondary N) is 1. The molecule has 1 amide bonds. The standard InChI is InChI=1S/C20H23NO4/c1-14-12-25-16(10-17(22)23)18(14)19(24)21-13-20(8-5-9-20)11-15-6-3-2-4-7-15/h2-4,6-7,12H,5,8-11,13H2,1H3,(H,21,24)(H,22,23). The molecule has 5 heteroatoms. The largest absolute Gasteiger partial charge is 0.481 e. The summed E-state index contributed by atoms with van der Waals surface area (Å²) in [5.41, 5.74) is 2.40. The minimum Gasteiger partial charge on any atom is -0.481 e. The van der Waals surface area contributed by atoms with Crippen molar-refractivity contribution in [1.29, 1.82) is 0 Å². The van der Waals surface area contributed by atoms with Gasteiger partial charge in [-0.15, -0.1) is 0 Å². The zero-order valence-corrected chi connectivity index (χ0v) is 14.4. The van der Waals surface area contributed by atoms with Crippen molar-refractivity contribution in [2.75, 3.05) is 6.54 Å². The molecule has 1 aliphatic carbocycles. The Morgan fingerprint density at radius 2 is 1.96 bits per heavy atom. The van der Waals surface area contributed by atoms with Gasteiger partial charge in [0.05, 0.1) is 11.8 Å². The van der Waals surface area contributed by atoms with Crippen molar-refractivity contribution < 1.29 is 19.1 Å². The molecule has 0 bridgehead atoms. The van der Waals surface area contributed by atoms with Crippen LogP contribution in [0.3, 0.4) is 0 Å². The van der Waals surface area contributed by atoms with E-state index in [1.54, 1.807) is 6.92 Å². The average Bonchev–Trinajstić information content (AvgIpc) is 2.90. The molecule has 0 spiro atoms. The Labute approximate surface area is 147 Å². The maximum atomic E-state index is 12.6. The maximum Gasteiger partial charge on any atom is 0.311 e. The van der Waals surface area contributed by atoms with Gasteiger partial charge in [0, 0.05) is 12.1 Å². The minimum atomic E-state index is -1.01. The van der Waals surface area contributed by atoms with E-state index in [2.05, 4.69) is 17.4 Å². The summed E-state index contributed by atoms with van der Waals surface area (Å²) in [7, 11) is 0. The molecule has 2 N–H and O–H groups in total. The van der Waals surface area contributed by atoms with Gasteiger partial charge in [-0.3, -0.25) is 9.59 Å². The summed E-state index contributed by atoms with van der Waals surface area (Å²) in [5.74, 6) is -1.04. The number of hydrogen-bond acceptors (Lipinski definition) is 3. The van der Waals surface area contributed by atoms with E-state index in [0.29, 0.717) is 17.7 Å². The molecule has 1 heterocycles. The number of carbonyl (C=O) groups excluding carboxylic acids is 1. The number of hydrogen-bond donors (Lipinski definition) is 2. The van der Waals surface area contributed by atoms with Crippen LogP contribution in [0.4, 0.5) is 0 Å². The van der Waals surface area contributed by atoms with Gasteiger partial charge in [-0.25, -0.2) is 0 Å². The first-order valence-electron chi connectivity index (χ1n) is 8.60. The van der Waals surface area contributed by atoms with E-state index < -0.39 is 5.97 Å². The van der Waals surface area contributed by atoms with Crippen LogP contribution >= 0.6 is 0 Å². The van der Waals surface area contributed by atoms with E-state index >= 15 is 0 Å². The fourth-order valence-electron chi connectivity index (χ4n) is 3.55. The Morgan fingerprint density at radius 3 is 2.56 bits per heavy atom. The summed E-state index contributed by atoms with van der Waals surface area (Å²) >= 11 is 0. The van der Waals surface area contributed by atoms with Gasteiger partial charge < -0.3 is 14.8 Å². The Balaban J connectivity index is 1.67. The normalized spacial score (nSPS) is 15.4. The van der Waals surface area contributed by atoms with Crippen LogP contribution < -0.4 is 5.32 Å². The first kappa shape index (κ1) is 17.3. The van der Waals surface area contributed by atoms with Crippen LogP contribution in [-0.4, -0.2) is 23.5 Å². The highest BCUT2D eigenvalue weighted by Gasteiger charge is 2.37. The Morgan fingerprint density at radius 1 is 1.24 bits per heavy atom. The molecular weight excluding hydrogens is 318 g/mol. The van der Waals surface area contributed by atoms with Crippen LogP contribution in [0.15, 0.2) is 41.0 Å². The lowest BCUT2D eigenvalue weighted by Crippen LogP contribution is -2.43. The van der Waals surface area contributed by atoms with E-state index in [-0.39, 0.29) is 23.5 Å². The van der Waals surface area contributed by atoms with Crippen molar-refractivity contribution in [3.05, 3.63) is 59.0 Å². The quantitative estimate of drug-likeness (QED) is 0.809. The number of furan rings is 1. The highest BCUT2D eigenvalue weighted by Crippen LogP contribution is 2.43. The van der Waals surface area contributed by atoms with Gasteiger partial charge in [0.1, 0.15) is 12.2 Å². The summed E-state index contributed by atoms with van der Waals surface area (Å²) < 4.78 is 5.25. The van der Waals surface area contributed by atoms with Crippen LogP contribution in [0.1, 0.15) is 46.5 Å². The summed E-state index contributed by atoms with van der Waals surface area (Å²) in [6.07, 6.45) is 5.46. The van der Waals surface area contributed by atoms with E-state index in [1.807, 2.05) is 18.2 Å². The number of rotatable bonds is 7. The molecule has 1 fully saturated rings. The zero-order valence-electron chi connectivity index (χ0n) is 14.4. The third-order valence-electron chi connectivity index (χ3n) is 5.05. The van der Waals surface area contributed by atoms with Crippen molar-refractivity contribution in [2.24, 2.45) is 5.41 Å². The molecule has 0 atom stereocenters. The van der Waals surface area contributed by atoms with Crippen LogP contribution in [0.25, 0.3) is 0 Å². The lowest BCUT2D eigenvalue weighted by Gasteiger charge is -2.42. The first-order valence-corrected chi connectivity index (χ1v) is 8.60. The van der Waals surface area contributed by atoms with Gasteiger partial charge in [-0.2, -0.15) is 0 Å². The SMILES string of the molecule is Cc1coc(CC(=O)O)c1C(=O)NCC1(Cc2ccccc2)CCC1. The average molecular weight is 341 g/mol. The van der Waals surface area contributed by atoms with Crippen LogP contribution in [0, 0.1) is 12.3 Å². The fourth-order valence-corrected chi connectivity index (χ4v) is 3.55. The molecule has 1 saturated carbocycles. The number of aliphatic carboxylic acids is 1. The van der Waals surface area contributed by atoms with E-state index in [1.165, 1.54) is 18.2 Å². The lowest BCUT2D eigenvalue weighted by molar-refractivity contribution is -0.136. The molecule has 0 radical (unpaired) electrons. The number of carbonyl (C=O) groups is 2. The minimum absolute atomic E-state index is 0.0988. The van der Waals surface area contributed by atoms with Gasteiger partial charge >= 0.3 is 5.97 Å². The fraction of sp³-hybridized carbons (Fsp3) is 0.400. The van der Waals surface area contributed by atoms with E-state index in [4.69, 9.17) is 9.52 Å². The number of aryl methyl sites for hydroxylation is 1. The molecule has 0 saturated heterocycles.